The number of hydrogen-bond acceptors (Lipinski definition) is 6. The Labute approximate surface area is 338 Å². The van der Waals surface area contributed by atoms with E-state index < -0.39 is 20.2 Å². The van der Waals surface area contributed by atoms with Crippen molar-refractivity contribution in [3.63, 3.8) is 0 Å². The van der Waals surface area contributed by atoms with Gasteiger partial charge in [-0.3, -0.25) is 0 Å². The van der Waals surface area contributed by atoms with E-state index in [1.54, 1.807) is 12.1 Å². The van der Waals surface area contributed by atoms with Gasteiger partial charge in [0.1, 0.15) is 20.2 Å². The maximum atomic E-state index is 11.6. The predicted octanol–water partition coefficient (Wildman–Crippen LogP) is 11.3. The maximum Gasteiger partial charge on any atom is 2.00 e. The summed E-state index contributed by atoms with van der Waals surface area (Å²) in [5, 5.41) is 3.75. The Morgan fingerprint density at radius 1 is 0.412 bits per heavy atom. The largest absolute Gasteiger partial charge is 2.00 e. The Bertz CT molecular complexity index is 1670. The van der Waals surface area contributed by atoms with Crippen molar-refractivity contribution in [2.45, 2.75) is 152 Å². The minimum absolute atomic E-state index is 0. The summed E-state index contributed by atoms with van der Waals surface area (Å²) in [6.07, 6.45) is 23.2. The molecule has 0 atom stereocenters. The van der Waals surface area contributed by atoms with Crippen LogP contribution in [0.2, 0.25) is 0 Å². The molecular formula is C42H58CaO6S2. The van der Waals surface area contributed by atoms with E-state index in [0.29, 0.717) is 24.0 Å². The molecule has 0 bridgehead atoms. The molecule has 0 aliphatic heterocycles. The number of aryl methyl sites for hydroxylation is 2. The van der Waals surface area contributed by atoms with E-state index in [4.69, 9.17) is 0 Å². The normalized spacial score (nSPS) is 11.7. The quantitative estimate of drug-likeness (QED) is 0.0447. The molecule has 0 heterocycles. The molecule has 0 amide bonds. The second-order valence-electron chi connectivity index (χ2n) is 13.6. The summed E-state index contributed by atoms with van der Waals surface area (Å²) in [5.41, 5.74) is 1.38. The van der Waals surface area contributed by atoms with E-state index >= 15 is 0 Å². The van der Waals surface area contributed by atoms with Crippen LogP contribution in [0.5, 0.6) is 0 Å². The minimum Gasteiger partial charge on any atom is -0.744 e. The minimum atomic E-state index is -4.44. The summed E-state index contributed by atoms with van der Waals surface area (Å²) in [6, 6.07) is 21.7. The van der Waals surface area contributed by atoms with Crippen molar-refractivity contribution in [1.82, 2.24) is 0 Å². The predicted molar refractivity (Wildman–Crippen MR) is 211 cm³/mol. The van der Waals surface area contributed by atoms with E-state index in [0.717, 1.165) is 47.2 Å². The number of benzene rings is 4. The molecule has 4 aromatic rings. The van der Waals surface area contributed by atoms with Crippen LogP contribution in [0, 0.1) is 0 Å². The second kappa shape index (κ2) is 24.7. The fourth-order valence-corrected chi connectivity index (χ4v) is 8.34. The van der Waals surface area contributed by atoms with Gasteiger partial charge < -0.3 is 9.11 Å². The molecule has 51 heavy (non-hydrogen) atoms. The molecule has 9 heteroatoms. The Kier molecular flexibility index (Phi) is 22.1. The second-order valence-corrected chi connectivity index (χ2v) is 16.3. The van der Waals surface area contributed by atoms with E-state index in [1.807, 2.05) is 48.5 Å². The first-order chi connectivity index (χ1) is 24.1. The number of hydrogen-bond donors (Lipinski definition) is 0. The average Bonchev–Trinajstić information content (AvgIpc) is 3.09. The van der Waals surface area contributed by atoms with Gasteiger partial charge in [-0.2, -0.15) is 0 Å². The molecule has 0 saturated carbocycles. The van der Waals surface area contributed by atoms with Crippen molar-refractivity contribution in [2.75, 3.05) is 0 Å². The summed E-state index contributed by atoms with van der Waals surface area (Å²) in [6.45, 7) is 4.45. The summed E-state index contributed by atoms with van der Waals surface area (Å²) in [4.78, 5) is -0.100. The maximum absolute atomic E-state index is 11.6. The van der Waals surface area contributed by atoms with Crippen molar-refractivity contribution in [3.05, 3.63) is 83.9 Å². The van der Waals surface area contributed by atoms with Gasteiger partial charge in [-0.1, -0.05) is 177 Å². The third kappa shape index (κ3) is 16.2. The van der Waals surface area contributed by atoms with Crippen LogP contribution in [0.3, 0.4) is 0 Å². The van der Waals surface area contributed by atoms with Crippen molar-refractivity contribution >= 4 is 79.5 Å². The summed E-state index contributed by atoms with van der Waals surface area (Å²) >= 11 is 0. The molecule has 0 aliphatic carbocycles. The fourth-order valence-electron chi connectivity index (χ4n) is 6.84. The smallest absolute Gasteiger partial charge is 0.744 e. The van der Waals surface area contributed by atoms with Crippen molar-refractivity contribution in [2.24, 2.45) is 0 Å². The Balaban J connectivity index is 0.000000347. The van der Waals surface area contributed by atoms with Gasteiger partial charge >= 0.3 is 37.7 Å². The molecule has 0 spiro atoms. The van der Waals surface area contributed by atoms with Gasteiger partial charge in [0, 0.05) is 0 Å². The standard InChI is InChI=1S/2C21H30O3S.Ca/c2*1-2-3-4-5-6-7-8-9-10-15-20-19-14-12-11-13-18(19)16-17-21(20)25(22,23)24;/h2*11-14,16-17H,2-10,15H2,1H3,(H,22,23,24);/q;;+2/p-2. The van der Waals surface area contributed by atoms with Crippen LogP contribution in [0.4, 0.5) is 0 Å². The molecule has 0 radical (unpaired) electrons. The molecule has 276 valence electrons. The van der Waals surface area contributed by atoms with E-state index in [9.17, 15) is 25.9 Å². The molecule has 0 N–H and O–H groups in total. The molecule has 4 rings (SSSR count). The first-order valence-electron chi connectivity index (χ1n) is 19.0. The van der Waals surface area contributed by atoms with Crippen LogP contribution >= 0.6 is 0 Å². The van der Waals surface area contributed by atoms with Gasteiger partial charge in [0.15, 0.2) is 0 Å². The molecule has 0 fully saturated rings. The van der Waals surface area contributed by atoms with Gasteiger partial charge in [0.25, 0.3) is 0 Å². The number of fused-ring (bicyclic) bond motifs is 2. The Morgan fingerprint density at radius 3 is 1.02 bits per heavy atom. The van der Waals surface area contributed by atoms with Crippen LogP contribution in [0.25, 0.3) is 21.5 Å². The summed E-state index contributed by atoms with van der Waals surface area (Å²) in [5.74, 6) is 0. The molecule has 0 saturated heterocycles. The van der Waals surface area contributed by atoms with E-state index in [1.165, 1.54) is 102 Å². The zero-order valence-corrected chi connectivity index (χ0v) is 34.9. The van der Waals surface area contributed by atoms with Gasteiger partial charge in [-0.15, -0.1) is 0 Å². The van der Waals surface area contributed by atoms with Gasteiger partial charge in [-0.05, 0) is 70.5 Å². The molecule has 0 unspecified atom stereocenters. The monoisotopic (exact) mass is 762 g/mol. The molecule has 6 nitrogen and oxygen atoms in total. The average molecular weight is 763 g/mol. The van der Waals surface area contributed by atoms with Gasteiger partial charge in [0.05, 0.1) is 9.79 Å². The van der Waals surface area contributed by atoms with Crippen LogP contribution < -0.4 is 0 Å². The van der Waals surface area contributed by atoms with Gasteiger partial charge in [-0.25, -0.2) is 16.8 Å². The van der Waals surface area contributed by atoms with Crippen molar-refractivity contribution in [3.8, 4) is 0 Å². The van der Waals surface area contributed by atoms with Crippen LogP contribution in [-0.2, 0) is 33.1 Å². The fraction of sp³-hybridized carbons (Fsp3) is 0.524. The number of unbranched alkanes of at least 4 members (excludes halogenated alkanes) is 16. The third-order valence-electron chi connectivity index (χ3n) is 9.59. The third-order valence-corrected chi connectivity index (χ3v) is 11.4. The van der Waals surface area contributed by atoms with Crippen molar-refractivity contribution < 1.29 is 25.9 Å². The Morgan fingerprint density at radius 2 is 0.706 bits per heavy atom. The Hall–Kier alpha value is -1.52. The molecule has 4 aromatic carbocycles. The first kappa shape index (κ1) is 45.6. The van der Waals surface area contributed by atoms with Gasteiger partial charge in [0.2, 0.25) is 0 Å². The van der Waals surface area contributed by atoms with Crippen LogP contribution in [0.15, 0.2) is 82.6 Å². The molecule has 0 aliphatic rings. The van der Waals surface area contributed by atoms with Crippen LogP contribution in [-0.4, -0.2) is 63.7 Å². The van der Waals surface area contributed by atoms with E-state index in [-0.39, 0.29) is 47.5 Å². The zero-order chi connectivity index (χ0) is 36.2. The van der Waals surface area contributed by atoms with Crippen molar-refractivity contribution in [1.29, 1.82) is 0 Å². The molecular weight excluding hydrogens is 705 g/mol. The van der Waals surface area contributed by atoms with E-state index in [2.05, 4.69) is 13.8 Å². The zero-order valence-electron chi connectivity index (χ0n) is 31.0. The first-order valence-corrected chi connectivity index (χ1v) is 21.8. The SMILES string of the molecule is CCCCCCCCCCCc1c(S(=O)(=O)[O-])ccc2ccccc12.CCCCCCCCCCCc1c(S(=O)(=O)[O-])ccc2ccccc12.[Ca+2]. The number of rotatable bonds is 22. The van der Waals surface area contributed by atoms with Crippen LogP contribution in [0.1, 0.15) is 141 Å². The molecule has 0 aromatic heterocycles. The summed E-state index contributed by atoms with van der Waals surface area (Å²) < 4.78 is 69.6. The topological polar surface area (TPSA) is 114 Å². The summed E-state index contributed by atoms with van der Waals surface area (Å²) in [7, 11) is -8.87.